The Kier molecular flexibility index (Phi) is 14.4. The van der Waals surface area contributed by atoms with Gasteiger partial charge in [0.25, 0.3) is 0 Å². The molecule has 0 saturated heterocycles. The van der Waals surface area contributed by atoms with Gasteiger partial charge in [0.15, 0.2) is 0 Å². The van der Waals surface area contributed by atoms with E-state index in [1.165, 1.54) is 35.1 Å². The highest BCUT2D eigenvalue weighted by Crippen LogP contribution is 2.21. The first kappa shape index (κ1) is 31.1. The molecular weight excluding hydrogens is 438 g/mol. The van der Waals surface area contributed by atoms with Crippen LogP contribution in [0.5, 0.6) is 0 Å². The Morgan fingerprint density at radius 3 is 1.97 bits per heavy atom. The van der Waals surface area contributed by atoms with E-state index in [0.717, 1.165) is 43.0 Å². The number of allylic oxidation sites excluding steroid dienone is 2. The lowest BCUT2D eigenvalue weighted by Crippen LogP contribution is -2.37. The Bertz CT molecular complexity index is 958. The highest BCUT2D eigenvalue weighted by Gasteiger charge is 2.18. The zero-order valence-corrected chi connectivity index (χ0v) is 24.3. The summed E-state index contributed by atoms with van der Waals surface area (Å²) in [6.07, 6.45) is 5.57. The van der Waals surface area contributed by atoms with Gasteiger partial charge in [0.05, 0.1) is 0 Å². The second-order valence-electron chi connectivity index (χ2n) is 9.78. The van der Waals surface area contributed by atoms with E-state index in [2.05, 4.69) is 126 Å². The van der Waals surface area contributed by atoms with Gasteiger partial charge in [-0.2, -0.15) is 0 Å². The SMILES string of the molecule is C=C(C)N/C(=C(/C)C(=C)N(C)CCCC)N(C)C(C)Cc1cccc(CC)c1.CCc1ccccc1. The first-order valence-electron chi connectivity index (χ1n) is 13.5. The van der Waals surface area contributed by atoms with Crippen molar-refractivity contribution in [2.24, 2.45) is 0 Å². The number of likely N-dealkylation sites (N-methyl/N-ethyl adjacent to an activating group) is 2. The molecule has 0 fully saturated rings. The maximum Gasteiger partial charge on any atom is 0.111 e. The van der Waals surface area contributed by atoms with E-state index in [1.807, 2.05) is 13.0 Å². The lowest BCUT2D eigenvalue weighted by Gasteiger charge is -2.34. The number of aryl methyl sites for hydroxylation is 2. The maximum atomic E-state index is 4.36. The molecule has 0 aromatic heterocycles. The molecule has 0 aliphatic heterocycles. The first-order valence-corrected chi connectivity index (χ1v) is 13.5. The molecule has 3 heteroatoms. The molecule has 2 aromatic rings. The largest absolute Gasteiger partial charge is 0.375 e. The topological polar surface area (TPSA) is 18.5 Å². The van der Waals surface area contributed by atoms with Crippen molar-refractivity contribution in [1.82, 2.24) is 15.1 Å². The molecule has 1 N–H and O–H groups in total. The maximum absolute atomic E-state index is 4.36. The Morgan fingerprint density at radius 1 is 0.861 bits per heavy atom. The Morgan fingerprint density at radius 2 is 1.44 bits per heavy atom. The second kappa shape index (κ2) is 16.7. The molecule has 0 heterocycles. The van der Waals surface area contributed by atoms with Crippen molar-refractivity contribution < 1.29 is 0 Å². The minimum atomic E-state index is 0.345. The van der Waals surface area contributed by atoms with E-state index < -0.39 is 0 Å². The summed E-state index contributed by atoms with van der Waals surface area (Å²) in [5, 5.41) is 3.48. The van der Waals surface area contributed by atoms with Crippen molar-refractivity contribution in [3.63, 3.8) is 0 Å². The van der Waals surface area contributed by atoms with Crippen LogP contribution in [0.4, 0.5) is 0 Å². The number of hydrogen-bond acceptors (Lipinski definition) is 3. The van der Waals surface area contributed by atoms with E-state index in [0.29, 0.717) is 6.04 Å². The van der Waals surface area contributed by atoms with Crippen molar-refractivity contribution in [3.05, 3.63) is 107 Å². The van der Waals surface area contributed by atoms with Crippen LogP contribution in [0.15, 0.2) is 90.5 Å². The lowest BCUT2D eigenvalue weighted by atomic mass is 10.0. The van der Waals surface area contributed by atoms with Gasteiger partial charge < -0.3 is 15.1 Å². The summed E-state index contributed by atoms with van der Waals surface area (Å²) in [6.45, 7) is 22.5. The molecule has 0 bridgehead atoms. The molecule has 0 spiro atoms. The van der Waals surface area contributed by atoms with Crippen LogP contribution >= 0.6 is 0 Å². The molecular formula is C33H51N3. The van der Waals surface area contributed by atoms with Crippen molar-refractivity contribution in [2.45, 2.75) is 79.7 Å². The Hall–Kier alpha value is -2.94. The third-order valence-electron chi connectivity index (χ3n) is 6.62. The Labute approximate surface area is 222 Å². The van der Waals surface area contributed by atoms with Crippen LogP contribution in [0.25, 0.3) is 0 Å². The third-order valence-corrected chi connectivity index (χ3v) is 6.62. The monoisotopic (exact) mass is 489 g/mol. The third kappa shape index (κ3) is 10.8. The fraction of sp³-hybridized carbons (Fsp3) is 0.455. The fourth-order valence-corrected chi connectivity index (χ4v) is 3.99. The number of rotatable bonds is 13. The second-order valence-corrected chi connectivity index (χ2v) is 9.78. The van der Waals surface area contributed by atoms with Crippen LogP contribution in [-0.4, -0.2) is 36.5 Å². The highest BCUT2D eigenvalue weighted by molar-refractivity contribution is 5.31. The number of hydrogen-bond donors (Lipinski definition) is 1. The van der Waals surface area contributed by atoms with Gasteiger partial charge in [0.1, 0.15) is 5.82 Å². The zero-order valence-electron chi connectivity index (χ0n) is 24.3. The quantitative estimate of drug-likeness (QED) is 0.288. The van der Waals surface area contributed by atoms with Crippen molar-refractivity contribution in [3.8, 4) is 0 Å². The average molecular weight is 490 g/mol. The molecule has 198 valence electrons. The van der Waals surface area contributed by atoms with Crippen molar-refractivity contribution >= 4 is 0 Å². The van der Waals surface area contributed by atoms with Gasteiger partial charge in [-0.1, -0.05) is 94.9 Å². The van der Waals surface area contributed by atoms with Gasteiger partial charge in [-0.25, -0.2) is 0 Å². The van der Waals surface area contributed by atoms with Crippen LogP contribution < -0.4 is 5.32 Å². The molecule has 2 aromatic carbocycles. The summed E-state index contributed by atoms with van der Waals surface area (Å²) in [5.41, 5.74) is 7.34. The predicted octanol–water partition coefficient (Wildman–Crippen LogP) is 7.96. The predicted molar refractivity (Wildman–Crippen MR) is 160 cm³/mol. The van der Waals surface area contributed by atoms with Gasteiger partial charge in [-0.05, 0) is 63.1 Å². The number of benzene rings is 2. The van der Waals surface area contributed by atoms with Gasteiger partial charge >= 0.3 is 0 Å². The molecule has 1 unspecified atom stereocenters. The van der Waals surface area contributed by atoms with E-state index in [4.69, 9.17) is 0 Å². The highest BCUT2D eigenvalue weighted by atomic mass is 15.2. The van der Waals surface area contributed by atoms with Crippen LogP contribution in [-0.2, 0) is 19.3 Å². The molecule has 0 aliphatic rings. The molecule has 3 nitrogen and oxygen atoms in total. The van der Waals surface area contributed by atoms with Gasteiger partial charge in [0.2, 0.25) is 0 Å². The van der Waals surface area contributed by atoms with Gasteiger partial charge in [-0.15, -0.1) is 0 Å². The number of nitrogens with one attached hydrogen (secondary N) is 1. The fourth-order valence-electron chi connectivity index (χ4n) is 3.99. The molecule has 2 rings (SSSR count). The van der Waals surface area contributed by atoms with E-state index in [-0.39, 0.29) is 0 Å². The van der Waals surface area contributed by atoms with Crippen LogP contribution in [0.3, 0.4) is 0 Å². The minimum Gasteiger partial charge on any atom is -0.375 e. The smallest absolute Gasteiger partial charge is 0.111 e. The van der Waals surface area contributed by atoms with Crippen LogP contribution in [0.2, 0.25) is 0 Å². The normalized spacial score (nSPS) is 12.0. The van der Waals surface area contributed by atoms with Gasteiger partial charge in [-0.3, -0.25) is 0 Å². The van der Waals surface area contributed by atoms with E-state index in [1.54, 1.807) is 0 Å². The Balaban J connectivity index is 0.000000681. The standard InChI is InChI=1S/C25H41N3.C8H10/c1-10-12-16-27(8)22(7)21(6)25(26-19(3)4)28(9)20(5)17-24-15-13-14-23(11-2)18-24;1-2-8-6-4-3-5-7-8/h13-15,18,20,26H,3,7,10-12,16-17H2,1-2,4-6,8-9H3;3-7H,2H2,1H3/b25-21+;. The minimum absolute atomic E-state index is 0.345. The van der Waals surface area contributed by atoms with Crippen molar-refractivity contribution in [2.75, 3.05) is 20.6 Å². The summed E-state index contributed by atoms with van der Waals surface area (Å²) in [7, 11) is 4.28. The number of nitrogens with zero attached hydrogens (tertiary/aromatic N) is 2. The number of unbranched alkanes of at least 4 members (excludes halogenated alkanes) is 1. The molecule has 0 amide bonds. The van der Waals surface area contributed by atoms with E-state index in [9.17, 15) is 0 Å². The summed E-state index contributed by atoms with van der Waals surface area (Å²) >= 11 is 0. The van der Waals surface area contributed by atoms with Gasteiger partial charge in [0, 0.05) is 43.6 Å². The summed E-state index contributed by atoms with van der Waals surface area (Å²) in [5.74, 6) is 1.08. The summed E-state index contributed by atoms with van der Waals surface area (Å²) in [6, 6.07) is 19.7. The lowest BCUT2D eigenvalue weighted by molar-refractivity contribution is 0.299. The van der Waals surface area contributed by atoms with Crippen LogP contribution in [0.1, 0.15) is 71.1 Å². The zero-order chi connectivity index (χ0) is 27.1. The van der Waals surface area contributed by atoms with Crippen molar-refractivity contribution in [1.29, 1.82) is 0 Å². The molecule has 0 saturated carbocycles. The summed E-state index contributed by atoms with van der Waals surface area (Å²) < 4.78 is 0. The summed E-state index contributed by atoms with van der Waals surface area (Å²) in [4.78, 5) is 4.57. The van der Waals surface area contributed by atoms with Crippen LogP contribution in [0, 0.1) is 0 Å². The molecule has 1 atom stereocenters. The molecule has 0 aliphatic carbocycles. The molecule has 0 radical (unpaired) electrons. The first-order chi connectivity index (χ1) is 17.1. The molecule has 36 heavy (non-hydrogen) atoms. The average Bonchev–Trinajstić information content (AvgIpc) is 2.89. The van der Waals surface area contributed by atoms with E-state index >= 15 is 0 Å².